The number of carbonyl (C=O) groups excluding carboxylic acids is 2. The molecule has 0 spiro atoms. The maximum atomic E-state index is 12.4. The lowest BCUT2D eigenvalue weighted by molar-refractivity contribution is -0.145. The Morgan fingerprint density at radius 3 is 2.91 bits per heavy atom. The van der Waals surface area contributed by atoms with Crippen LogP contribution in [0.1, 0.15) is 30.4 Å². The molecular weight excluding hydrogens is 298 g/mol. The number of hydrogen-bond donors (Lipinski definition) is 2. The van der Waals surface area contributed by atoms with Crippen molar-refractivity contribution in [2.45, 2.75) is 38.6 Å². The van der Waals surface area contributed by atoms with Crippen molar-refractivity contribution in [3.8, 4) is 0 Å². The number of carbonyl (C=O) groups is 3. The van der Waals surface area contributed by atoms with Gasteiger partial charge in [-0.25, -0.2) is 0 Å². The maximum absolute atomic E-state index is 12.4. The van der Waals surface area contributed by atoms with E-state index in [-0.39, 0.29) is 24.8 Å². The van der Waals surface area contributed by atoms with Crippen LogP contribution < -0.4 is 5.32 Å². The van der Waals surface area contributed by atoms with Crippen molar-refractivity contribution in [2.75, 3.05) is 13.1 Å². The van der Waals surface area contributed by atoms with Gasteiger partial charge in [-0.2, -0.15) is 0 Å². The number of nitrogens with one attached hydrogen (secondary N) is 1. The van der Waals surface area contributed by atoms with Crippen molar-refractivity contribution in [2.24, 2.45) is 0 Å². The summed E-state index contributed by atoms with van der Waals surface area (Å²) >= 11 is 0. The summed E-state index contributed by atoms with van der Waals surface area (Å²) in [6.07, 6.45) is 5.51. The van der Waals surface area contributed by atoms with E-state index in [1.165, 1.54) is 4.90 Å². The molecule has 7 heteroatoms. The number of aliphatic carboxylic acids is 1. The summed E-state index contributed by atoms with van der Waals surface area (Å²) in [7, 11) is 0. The number of hydrogen-bond acceptors (Lipinski definition) is 4. The fraction of sp³-hybridized carbons (Fsp3) is 0.500. The van der Waals surface area contributed by atoms with Crippen LogP contribution in [0.25, 0.3) is 0 Å². The van der Waals surface area contributed by atoms with Gasteiger partial charge in [0.25, 0.3) is 0 Å². The molecule has 7 nitrogen and oxygen atoms in total. The van der Waals surface area contributed by atoms with Crippen LogP contribution >= 0.6 is 0 Å². The van der Waals surface area contributed by atoms with Crippen LogP contribution in [0.3, 0.4) is 0 Å². The molecule has 2 N–H and O–H groups in total. The Bertz CT molecular complexity index is 603. The number of aromatic nitrogens is 1. The second-order valence-corrected chi connectivity index (χ2v) is 5.75. The average molecular weight is 319 g/mol. The molecule has 0 aliphatic carbocycles. The Hall–Kier alpha value is -2.44. The van der Waals surface area contributed by atoms with Gasteiger partial charge >= 0.3 is 5.97 Å². The van der Waals surface area contributed by atoms with E-state index >= 15 is 0 Å². The minimum Gasteiger partial charge on any atom is -0.480 e. The first-order valence-corrected chi connectivity index (χ1v) is 7.67. The molecule has 1 saturated heterocycles. The highest BCUT2D eigenvalue weighted by Crippen LogP contribution is 2.13. The van der Waals surface area contributed by atoms with Gasteiger partial charge in [-0.15, -0.1) is 0 Å². The summed E-state index contributed by atoms with van der Waals surface area (Å²) in [6, 6.07) is 1.18. The first-order chi connectivity index (χ1) is 11.0. The van der Waals surface area contributed by atoms with Gasteiger partial charge in [0.2, 0.25) is 11.8 Å². The number of carboxylic acids is 1. The first kappa shape index (κ1) is 16.9. The molecule has 0 bridgehead atoms. The second-order valence-electron chi connectivity index (χ2n) is 5.75. The number of likely N-dealkylation sites (tertiary alicyclic amines) is 1. The molecule has 0 aromatic carbocycles. The summed E-state index contributed by atoms with van der Waals surface area (Å²) in [6.45, 7) is 1.99. The summed E-state index contributed by atoms with van der Waals surface area (Å²) in [5.41, 5.74) is 1.78. The lowest BCUT2D eigenvalue weighted by Gasteiger charge is -2.23. The predicted octanol–water partition coefficient (Wildman–Crippen LogP) is 0.514. The smallest absolute Gasteiger partial charge is 0.323 e. The third-order valence-corrected chi connectivity index (χ3v) is 3.94. The van der Waals surface area contributed by atoms with Gasteiger partial charge in [0.05, 0.1) is 6.42 Å². The van der Waals surface area contributed by atoms with E-state index in [0.29, 0.717) is 13.0 Å². The highest BCUT2D eigenvalue weighted by atomic mass is 16.4. The molecule has 1 fully saturated rings. The zero-order valence-corrected chi connectivity index (χ0v) is 13.1. The highest BCUT2D eigenvalue weighted by molar-refractivity contribution is 5.90. The second kappa shape index (κ2) is 7.71. The summed E-state index contributed by atoms with van der Waals surface area (Å²) in [5, 5.41) is 11.6. The lowest BCUT2D eigenvalue weighted by atomic mass is 10.1. The molecule has 23 heavy (non-hydrogen) atoms. The third-order valence-electron chi connectivity index (χ3n) is 3.94. The highest BCUT2D eigenvalue weighted by Gasteiger charge is 2.29. The predicted molar refractivity (Wildman–Crippen MR) is 82.7 cm³/mol. The molecular formula is C16H21N3O4. The van der Waals surface area contributed by atoms with Crippen molar-refractivity contribution in [3.63, 3.8) is 0 Å². The van der Waals surface area contributed by atoms with Crippen molar-refractivity contribution in [1.82, 2.24) is 15.2 Å². The Morgan fingerprint density at radius 1 is 1.43 bits per heavy atom. The Kier molecular flexibility index (Phi) is 5.67. The van der Waals surface area contributed by atoms with Crippen LogP contribution in [0.15, 0.2) is 18.5 Å². The lowest BCUT2D eigenvalue weighted by Crippen LogP contribution is -2.49. The van der Waals surface area contributed by atoms with Gasteiger partial charge in [0.15, 0.2) is 0 Å². The third kappa shape index (κ3) is 4.77. The minimum absolute atomic E-state index is 0.155. The van der Waals surface area contributed by atoms with E-state index in [1.807, 2.05) is 13.0 Å². The summed E-state index contributed by atoms with van der Waals surface area (Å²) < 4.78 is 0. The number of pyridine rings is 1. The Labute approximate surface area is 134 Å². The van der Waals surface area contributed by atoms with E-state index in [9.17, 15) is 14.4 Å². The van der Waals surface area contributed by atoms with Gasteiger partial charge < -0.3 is 15.3 Å². The molecule has 2 rings (SSSR count). The van der Waals surface area contributed by atoms with Gasteiger partial charge in [0.1, 0.15) is 12.6 Å². The van der Waals surface area contributed by atoms with Crippen LogP contribution in [0.2, 0.25) is 0 Å². The molecule has 2 heterocycles. The fourth-order valence-corrected chi connectivity index (χ4v) is 2.66. The van der Waals surface area contributed by atoms with Crippen LogP contribution in [-0.4, -0.2) is 51.9 Å². The van der Waals surface area contributed by atoms with Gasteiger partial charge in [-0.05, 0) is 43.4 Å². The van der Waals surface area contributed by atoms with Crippen LogP contribution in [0.4, 0.5) is 0 Å². The molecule has 1 aromatic rings. The molecule has 1 aliphatic heterocycles. The Morgan fingerprint density at radius 2 is 2.22 bits per heavy atom. The number of amides is 2. The SMILES string of the molecule is Cc1ccncc1CC(=O)NC1CCCCN(CC(=O)O)C1=O. The number of rotatable bonds is 5. The van der Waals surface area contributed by atoms with Crippen molar-refractivity contribution in [1.29, 1.82) is 0 Å². The maximum Gasteiger partial charge on any atom is 0.323 e. The van der Waals surface area contributed by atoms with Gasteiger partial charge in [-0.1, -0.05) is 0 Å². The van der Waals surface area contributed by atoms with Crippen molar-refractivity contribution in [3.05, 3.63) is 29.6 Å². The Balaban J connectivity index is 1.99. The van der Waals surface area contributed by atoms with Crippen molar-refractivity contribution < 1.29 is 19.5 Å². The van der Waals surface area contributed by atoms with Gasteiger partial charge in [0, 0.05) is 18.9 Å². The standard InChI is InChI=1S/C16H21N3O4/c1-11-5-6-17-9-12(11)8-14(20)18-13-4-2-3-7-19(16(13)23)10-15(21)22/h5-6,9,13H,2-4,7-8,10H2,1H3,(H,18,20)(H,21,22). The van der Waals surface area contributed by atoms with Crippen LogP contribution in [-0.2, 0) is 20.8 Å². The summed E-state index contributed by atoms with van der Waals surface area (Å²) in [5.74, 6) is -1.62. The number of carboxylic acid groups (broad SMARTS) is 1. The largest absolute Gasteiger partial charge is 0.480 e. The van der Waals surface area contributed by atoms with E-state index in [0.717, 1.165) is 24.0 Å². The zero-order valence-electron chi connectivity index (χ0n) is 13.1. The monoisotopic (exact) mass is 319 g/mol. The molecule has 1 atom stereocenters. The summed E-state index contributed by atoms with van der Waals surface area (Å²) in [4.78, 5) is 40.7. The zero-order chi connectivity index (χ0) is 16.8. The van der Waals surface area contributed by atoms with Gasteiger partial charge in [-0.3, -0.25) is 19.4 Å². The van der Waals surface area contributed by atoms with E-state index < -0.39 is 12.0 Å². The molecule has 0 saturated carbocycles. The molecule has 1 aliphatic rings. The van der Waals surface area contributed by atoms with E-state index in [4.69, 9.17) is 5.11 Å². The normalized spacial score (nSPS) is 18.4. The number of nitrogens with zero attached hydrogens (tertiary/aromatic N) is 2. The molecule has 1 unspecified atom stereocenters. The van der Waals surface area contributed by atoms with Crippen LogP contribution in [0.5, 0.6) is 0 Å². The average Bonchev–Trinajstić information content (AvgIpc) is 2.65. The van der Waals surface area contributed by atoms with Crippen LogP contribution in [0, 0.1) is 6.92 Å². The minimum atomic E-state index is -1.05. The molecule has 124 valence electrons. The van der Waals surface area contributed by atoms with E-state index in [1.54, 1.807) is 12.4 Å². The molecule has 1 aromatic heterocycles. The quantitative estimate of drug-likeness (QED) is 0.824. The number of aryl methyl sites for hydroxylation is 1. The topological polar surface area (TPSA) is 99.6 Å². The fourth-order valence-electron chi connectivity index (χ4n) is 2.66. The first-order valence-electron chi connectivity index (χ1n) is 7.67. The molecule has 2 amide bonds. The van der Waals surface area contributed by atoms with Crippen molar-refractivity contribution >= 4 is 17.8 Å². The molecule has 0 radical (unpaired) electrons. The van der Waals surface area contributed by atoms with E-state index in [2.05, 4.69) is 10.3 Å².